The Morgan fingerprint density at radius 3 is 2.64 bits per heavy atom. The highest BCUT2D eigenvalue weighted by Crippen LogP contribution is 2.04. The molecule has 1 fully saturated rings. The smallest absolute Gasteiger partial charge is 0.301 e. The van der Waals surface area contributed by atoms with Crippen molar-refractivity contribution in [3.05, 3.63) is 0 Å². The van der Waals surface area contributed by atoms with Crippen LogP contribution in [0, 0.1) is 0 Å². The van der Waals surface area contributed by atoms with Gasteiger partial charge in [-0.15, -0.1) is 0 Å². The van der Waals surface area contributed by atoms with Crippen molar-refractivity contribution in [1.82, 2.24) is 14.8 Å². The Labute approximate surface area is 83.6 Å². The number of hydrogen-bond donors (Lipinski definition) is 3. The summed E-state index contributed by atoms with van der Waals surface area (Å²) in [6, 6.07) is 0. The van der Waals surface area contributed by atoms with E-state index in [2.05, 4.69) is 10.0 Å². The van der Waals surface area contributed by atoms with E-state index in [1.54, 1.807) is 0 Å². The normalized spacial score (nSPS) is 23.1. The largest absolute Gasteiger partial charge is 0.302 e. The van der Waals surface area contributed by atoms with Crippen molar-refractivity contribution in [3.8, 4) is 0 Å². The Kier molecular flexibility index (Phi) is 3.85. The molecule has 3 N–H and O–H groups in total. The molecule has 1 aliphatic rings. The van der Waals surface area contributed by atoms with Crippen LogP contribution in [-0.4, -0.2) is 27.0 Å². The van der Waals surface area contributed by atoms with Gasteiger partial charge in [-0.1, -0.05) is 0 Å². The molecular weight excluding hydrogens is 206 g/mol. The minimum absolute atomic E-state index is 0.263. The van der Waals surface area contributed by atoms with Gasteiger partial charge in [-0.2, -0.15) is 13.1 Å². The van der Waals surface area contributed by atoms with Crippen LogP contribution in [0.25, 0.3) is 0 Å². The average molecular weight is 221 g/mol. The quantitative estimate of drug-likeness (QED) is 0.574. The Bertz CT molecular complexity index is 295. The molecule has 0 aliphatic carbocycles. The van der Waals surface area contributed by atoms with E-state index in [9.17, 15) is 13.2 Å². The average Bonchev–Trinajstić information content (AvgIpc) is 2.02. The molecule has 0 spiro atoms. The van der Waals surface area contributed by atoms with Gasteiger partial charge in [0.1, 0.15) is 0 Å². The molecule has 1 saturated heterocycles. The zero-order valence-electron chi connectivity index (χ0n) is 8.04. The molecule has 82 valence electrons. The molecule has 0 aromatic rings. The van der Waals surface area contributed by atoms with Crippen LogP contribution in [0.2, 0.25) is 0 Å². The number of amides is 1. The van der Waals surface area contributed by atoms with Crippen LogP contribution in [0.4, 0.5) is 0 Å². The van der Waals surface area contributed by atoms with Crippen LogP contribution >= 0.6 is 0 Å². The van der Waals surface area contributed by atoms with Crippen molar-refractivity contribution in [3.63, 3.8) is 0 Å². The highest BCUT2D eigenvalue weighted by Gasteiger charge is 2.19. The lowest BCUT2D eigenvalue weighted by atomic mass is 10.1. The number of carbonyl (C=O) groups excluding carboxylic acids is 1. The first-order valence-corrected chi connectivity index (χ1v) is 6.02. The van der Waals surface area contributed by atoms with Gasteiger partial charge in [-0.25, -0.2) is 4.72 Å². The third-order valence-corrected chi connectivity index (χ3v) is 3.04. The first-order chi connectivity index (χ1) is 6.49. The zero-order chi connectivity index (χ0) is 10.6. The Hall–Kier alpha value is -0.660. The zero-order valence-corrected chi connectivity index (χ0v) is 8.86. The molecule has 1 heterocycles. The van der Waals surface area contributed by atoms with E-state index in [0.29, 0.717) is 0 Å². The summed E-state index contributed by atoms with van der Waals surface area (Å²) in [5.41, 5.74) is 0. The van der Waals surface area contributed by atoms with Crippen molar-refractivity contribution in [2.24, 2.45) is 0 Å². The van der Waals surface area contributed by atoms with Crippen LogP contribution in [0.5, 0.6) is 0 Å². The lowest BCUT2D eigenvalue weighted by Crippen LogP contribution is -2.52. The molecule has 1 amide bonds. The lowest BCUT2D eigenvalue weighted by Gasteiger charge is -2.23. The second-order valence-electron chi connectivity index (χ2n) is 3.28. The molecule has 1 atom stereocenters. The summed E-state index contributed by atoms with van der Waals surface area (Å²) < 4.78 is 26.7. The van der Waals surface area contributed by atoms with Crippen LogP contribution in [0.3, 0.4) is 0 Å². The van der Waals surface area contributed by atoms with Gasteiger partial charge in [0, 0.05) is 6.92 Å². The second kappa shape index (κ2) is 4.72. The van der Waals surface area contributed by atoms with Crippen LogP contribution in [0.1, 0.15) is 26.2 Å². The molecule has 0 bridgehead atoms. The van der Waals surface area contributed by atoms with E-state index in [0.717, 1.165) is 32.7 Å². The van der Waals surface area contributed by atoms with Gasteiger partial charge in [0.25, 0.3) is 0 Å². The molecule has 0 aromatic carbocycles. The molecule has 14 heavy (non-hydrogen) atoms. The van der Waals surface area contributed by atoms with Gasteiger partial charge in [-0.3, -0.25) is 4.79 Å². The minimum Gasteiger partial charge on any atom is -0.301 e. The van der Waals surface area contributed by atoms with E-state index in [1.807, 2.05) is 4.72 Å². The first-order valence-electron chi connectivity index (χ1n) is 4.53. The van der Waals surface area contributed by atoms with Crippen molar-refractivity contribution in [2.45, 2.75) is 32.4 Å². The van der Waals surface area contributed by atoms with Gasteiger partial charge in [-0.05, 0) is 25.8 Å². The van der Waals surface area contributed by atoms with Gasteiger partial charge < -0.3 is 5.32 Å². The van der Waals surface area contributed by atoms with Gasteiger partial charge in [0.05, 0.1) is 6.17 Å². The van der Waals surface area contributed by atoms with E-state index in [1.165, 1.54) is 0 Å². The van der Waals surface area contributed by atoms with Crippen molar-refractivity contribution < 1.29 is 13.2 Å². The Morgan fingerprint density at radius 2 is 2.14 bits per heavy atom. The molecular formula is C7H15N3O3S. The monoisotopic (exact) mass is 221 g/mol. The van der Waals surface area contributed by atoms with Crippen LogP contribution in [0.15, 0.2) is 0 Å². The maximum atomic E-state index is 11.2. The fourth-order valence-corrected chi connectivity index (χ4v) is 2.37. The molecule has 1 aliphatic heterocycles. The SMILES string of the molecule is CC(=O)NS(=O)(=O)NC1CCCCN1. The summed E-state index contributed by atoms with van der Waals surface area (Å²) in [5.74, 6) is -0.590. The summed E-state index contributed by atoms with van der Waals surface area (Å²) in [4.78, 5) is 10.6. The Balaban J connectivity index is 2.45. The number of nitrogens with one attached hydrogen (secondary N) is 3. The van der Waals surface area contributed by atoms with Crippen molar-refractivity contribution >= 4 is 16.1 Å². The fraction of sp³-hybridized carbons (Fsp3) is 0.857. The summed E-state index contributed by atoms with van der Waals surface area (Å²) in [7, 11) is -3.69. The molecule has 1 rings (SSSR count). The van der Waals surface area contributed by atoms with Gasteiger partial charge in [0.2, 0.25) is 5.91 Å². The highest BCUT2D eigenvalue weighted by molar-refractivity contribution is 7.88. The molecule has 0 aromatic heterocycles. The third-order valence-electron chi connectivity index (χ3n) is 1.89. The summed E-state index contributed by atoms with van der Waals surface area (Å²) in [6.45, 7) is 1.96. The second-order valence-corrected chi connectivity index (χ2v) is 4.73. The Morgan fingerprint density at radius 1 is 1.43 bits per heavy atom. The third kappa shape index (κ3) is 4.03. The minimum atomic E-state index is -3.69. The van der Waals surface area contributed by atoms with E-state index in [4.69, 9.17) is 0 Å². The van der Waals surface area contributed by atoms with Gasteiger partial charge >= 0.3 is 10.2 Å². The predicted molar refractivity (Wildman–Crippen MR) is 51.5 cm³/mol. The molecule has 0 radical (unpaired) electrons. The molecule has 0 saturated carbocycles. The van der Waals surface area contributed by atoms with E-state index >= 15 is 0 Å². The standard InChI is InChI=1S/C7H15N3O3S/c1-6(11)9-14(12,13)10-7-4-2-3-5-8-7/h7-8,10H,2-5H2,1H3,(H,9,11). The summed E-state index contributed by atoms with van der Waals surface area (Å²) in [6.07, 6.45) is 2.53. The van der Waals surface area contributed by atoms with Crippen LogP contribution < -0.4 is 14.8 Å². The van der Waals surface area contributed by atoms with E-state index in [-0.39, 0.29) is 6.17 Å². The first kappa shape index (κ1) is 11.4. The maximum Gasteiger partial charge on any atom is 0.302 e. The lowest BCUT2D eigenvalue weighted by molar-refractivity contribution is -0.117. The topological polar surface area (TPSA) is 87.3 Å². The molecule has 7 heteroatoms. The summed E-state index contributed by atoms with van der Waals surface area (Å²) >= 11 is 0. The number of piperidine rings is 1. The maximum absolute atomic E-state index is 11.2. The number of carbonyl (C=O) groups is 1. The molecule has 1 unspecified atom stereocenters. The van der Waals surface area contributed by atoms with Crippen molar-refractivity contribution in [1.29, 1.82) is 0 Å². The molecule has 6 nitrogen and oxygen atoms in total. The van der Waals surface area contributed by atoms with E-state index < -0.39 is 16.1 Å². The number of rotatable bonds is 3. The van der Waals surface area contributed by atoms with Crippen molar-refractivity contribution in [2.75, 3.05) is 6.54 Å². The fourth-order valence-electron chi connectivity index (χ4n) is 1.36. The highest BCUT2D eigenvalue weighted by atomic mass is 32.2. The number of hydrogen-bond acceptors (Lipinski definition) is 4. The summed E-state index contributed by atoms with van der Waals surface area (Å²) in [5, 5.41) is 3.01. The van der Waals surface area contributed by atoms with Gasteiger partial charge in [0.15, 0.2) is 0 Å². The van der Waals surface area contributed by atoms with Crippen LogP contribution in [-0.2, 0) is 15.0 Å². The predicted octanol–water partition coefficient (Wildman–Crippen LogP) is -0.943.